The molecule has 0 spiro atoms. The molecule has 0 heterocycles. The number of hydrogen-bond donors (Lipinski definition) is 0. The smallest absolute Gasteiger partial charge is 0.321 e. The molecule has 0 radical (unpaired) electrons. The van der Waals surface area contributed by atoms with E-state index in [2.05, 4.69) is 21.0 Å². The van der Waals surface area contributed by atoms with Crippen molar-refractivity contribution in [2.45, 2.75) is 71.1 Å². The normalized spacial score (nSPS) is 11.1. The molecule has 0 aliphatic carbocycles. The van der Waals surface area contributed by atoms with Crippen molar-refractivity contribution in [1.82, 2.24) is 0 Å². The average Bonchev–Trinajstić information content (AvgIpc) is 2.48. The van der Waals surface area contributed by atoms with Crippen LogP contribution in [0.4, 0.5) is 0 Å². The minimum Gasteiger partial charge on any atom is -1.00 e. The third kappa shape index (κ3) is 18.2. The second-order valence-corrected chi connectivity index (χ2v) is 7.19. The zero-order valence-corrected chi connectivity index (χ0v) is 16.9. The molecule has 0 aromatic heterocycles. The van der Waals surface area contributed by atoms with Crippen LogP contribution in [0.15, 0.2) is 0 Å². The molecule has 0 atom stereocenters. The Hall–Kier alpha value is 0.01000. The van der Waals surface area contributed by atoms with E-state index in [9.17, 15) is 4.79 Å². The Bertz CT molecular complexity index is 274. The van der Waals surface area contributed by atoms with E-state index in [1.165, 1.54) is 64.2 Å². The summed E-state index contributed by atoms with van der Waals surface area (Å²) in [7, 11) is 4.39. The zero-order valence-electron chi connectivity index (χ0n) is 15.4. The van der Waals surface area contributed by atoms with E-state index in [0.717, 1.165) is 17.6 Å². The number of nitrogens with zero attached hydrogens (tertiary/aromatic N) is 1. The molecular formula is C18H37Cl2NO2. The van der Waals surface area contributed by atoms with Crippen LogP contribution in [0.25, 0.3) is 0 Å². The molecule has 0 aromatic rings. The van der Waals surface area contributed by atoms with Gasteiger partial charge in [-0.1, -0.05) is 58.3 Å². The number of likely N-dealkylation sites (N-methyl/N-ethyl adjacent to an activating group) is 1. The predicted molar refractivity (Wildman–Crippen MR) is 95.4 cm³/mol. The topological polar surface area (TPSA) is 26.3 Å². The van der Waals surface area contributed by atoms with E-state index in [4.69, 9.17) is 16.3 Å². The maximum atomic E-state index is 11.0. The maximum Gasteiger partial charge on any atom is 0.321 e. The van der Waals surface area contributed by atoms with Gasteiger partial charge in [0.1, 0.15) is 19.0 Å². The highest BCUT2D eigenvalue weighted by Crippen LogP contribution is 2.11. The first kappa shape index (κ1) is 25.3. The number of esters is 1. The van der Waals surface area contributed by atoms with Gasteiger partial charge in [0.15, 0.2) is 0 Å². The van der Waals surface area contributed by atoms with Crippen LogP contribution in [0, 0.1) is 0 Å². The predicted octanol–water partition coefficient (Wildman–Crippen LogP) is 1.77. The van der Waals surface area contributed by atoms with Gasteiger partial charge in [-0.2, -0.15) is 0 Å². The highest BCUT2D eigenvalue weighted by Gasteiger charge is 2.15. The minimum atomic E-state index is -0.319. The molecule has 0 fully saturated rings. The van der Waals surface area contributed by atoms with Crippen LogP contribution < -0.4 is 12.4 Å². The fourth-order valence-electron chi connectivity index (χ4n) is 2.58. The molecule has 0 bridgehead atoms. The Balaban J connectivity index is 0. The van der Waals surface area contributed by atoms with Crippen LogP contribution in [0.2, 0.25) is 0 Å². The molecule has 5 heteroatoms. The van der Waals surface area contributed by atoms with Crippen molar-refractivity contribution in [2.24, 2.45) is 0 Å². The number of rotatable bonds is 15. The third-order valence-electron chi connectivity index (χ3n) is 4.19. The van der Waals surface area contributed by atoms with Crippen LogP contribution >= 0.6 is 11.6 Å². The van der Waals surface area contributed by atoms with Gasteiger partial charge in [0.05, 0.1) is 20.6 Å². The molecule has 0 aliphatic heterocycles. The zero-order chi connectivity index (χ0) is 16.7. The summed E-state index contributed by atoms with van der Waals surface area (Å²) in [5.41, 5.74) is 0. The first-order chi connectivity index (χ1) is 10.5. The molecule has 140 valence electrons. The number of unbranched alkanes of at least 4 members (excludes halogenated alkanes) is 9. The molecule has 0 saturated heterocycles. The Kier molecular flexibility index (Phi) is 18.5. The second kappa shape index (κ2) is 16.9. The molecular weight excluding hydrogens is 333 g/mol. The van der Waals surface area contributed by atoms with Crippen LogP contribution in [0.5, 0.6) is 0 Å². The summed E-state index contributed by atoms with van der Waals surface area (Å²) in [4.78, 5) is 11.0. The molecule has 0 N–H and O–H groups in total. The summed E-state index contributed by atoms with van der Waals surface area (Å²) in [5, 5.41) is 0. The standard InChI is InChI=1S/C18H37ClNO2.ClH/c1-4-5-6-7-8-9-10-11-12-13-14-20(2,3)15-16-22-18(21)17-19;/h4-17H2,1-3H3;1H/q+1;/p-1. The number of ether oxygens (including phenoxy) is 1. The Labute approximate surface area is 155 Å². The lowest BCUT2D eigenvalue weighted by atomic mass is 10.1. The quantitative estimate of drug-likeness (QED) is 0.190. The van der Waals surface area contributed by atoms with Crippen LogP contribution in [-0.4, -0.2) is 50.1 Å². The Morgan fingerprint density at radius 1 is 0.870 bits per heavy atom. The summed E-state index contributed by atoms with van der Waals surface area (Å²) in [6.07, 6.45) is 13.7. The number of hydrogen-bond acceptors (Lipinski definition) is 2. The summed E-state index contributed by atoms with van der Waals surface area (Å²) in [5.74, 6) is -0.369. The van der Waals surface area contributed by atoms with Crippen LogP contribution in [0.3, 0.4) is 0 Å². The maximum absolute atomic E-state index is 11.0. The molecule has 0 aliphatic rings. The van der Waals surface area contributed by atoms with Gasteiger partial charge in [-0.05, 0) is 12.8 Å². The summed E-state index contributed by atoms with van der Waals surface area (Å²) < 4.78 is 5.95. The molecule has 0 saturated carbocycles. The number of carbonyl (C=O) groups is 1. The van der Waals surface area contributed by atoms with Gasteiger partial charge in [-0.25, -0.2) is 0 Å². The Morgan fingerprint density at radius 3 is 1.83 bits per heavy atom. The number of carbonyl (C=O) groups excluding carboxylic acids is 1. The number of alkyl halides is 1. The first-order valence-corrected chi connectivity index (χ1v) is 9.59. The van der Waals surface area contributed by atoms with Gasteiger partial charge in [-0.3, -0.25) is 4.79 Å². The van der Waals surface area contributed by atoms with Gasteiger partial charge in [0.25, 0.3) is 0 Å². The first-order valence-electron chi connectivity index (χ1n) is 9.05. The average molecular weight is 370 g/mol. The van der Waals surface area contributed by atoms with E-state index < -0.39 is 0 Å². The highest BCUT2D eigenvalue weighted by molar-refractivity contribution is 6.26. The molecule has 0 rings (SSSR count). The van der Waals surface area contributed by atoms with E-state index in [1.54, 1.807) is 0 Å². The van der Waals surface area contributed by atoms with Gasteiger partial charge >= 0.3 is 5.97 Å². The highest BCUT2D eigenvalue weighted by atomic mass is 35.5. The van der Waals surface area contributed by atoms with Crippen molar-refractivity contribution in [3.05, 3.63) is 0 Å². The Morgan fingerprint density at radius 2 is 1.35 bits per heavy atom. The van der Waals surface area contributed by atoms with E-state index in [-0.39, 0.29) is 24.3 Å². The minimum absolute atomic E-state index is 0. The molecule has 3 nitrogen and oxygen atoms in total. The number of halogens is 2. The molecule has 0 amide bonds. The monoisotopic (exact) mass is 369 g/mol. The van der Waals surface area contributed by atoms with Gasteiger partial charge < -0.3 is 21.6 Å². The molecule has 0 unspecified atom stereocenters. The lowest BCUT2D eigenvalue weighted by Gasteiger charge is -2.29. The van der Waals surface area contributed by atoms with Crippen molar-refractivity contribution in [3.8, 4) is 0 Å². The van der Waals surface area contributed by atoms with Crippen molar-refractivity contribution < 1.29 is 26.4 Å². The number of quaternary nitrogens is 1. The summed E-state index contributed by atoms with van der Waals surface area (Å²) in [6.45, 7) is 4.74. The lowest BCUT2D eigenvalue weighted by molar-refractivity contribution is -0.890. The van der Waals surface area contributed by atoms with Crippen LogP contribution in [-0.2, 0) is 9.53 Å². The largest absolute Gasteiger partial charge is 1.00 e. The second-order valence-electron chi connectivity index (χ2n) is 6.92. The fourth-order valence-corrected chi connectivity index (χ4v) is 2.66. The van der Waals surface area contributed by atoms with Gasteiger partial charge in [0.2, 0.25) is 0 Å². The van der Waals surface area contributed by atoms with E-state index >= 15 is 0 Å². The lowest BCUT2D eigenvalue weighted by Crippen LogP contribution is -3.00. The van der Waals surface area contributed by atoms with Crippen molar-refractivity contribution in [3.63, 3.8) is 0 Å². The van der Waals surface area contributed by atoms with Gasteiger partial charge in [-0.15, -0.1) is 11.6 Å². The van der Waals surface area contributed by atoms with Crippen molar-refractivity contribution >= 4 is 17.6 Å². The third-order valence-corrected chi connectivity index (χ3v) is 4.40. The SMILES string of the molecule is CCCCCCCCCCCC[N+](C)(C)CCOC(=O)CCl.[Cl-]. The fraction of sp³-hybridized carbons (Fsp3) is 0.944. The van der Waals surface area contributed by atoms with Crippen molar-refractivity contribution in [2.75, 3.05) is 39.7 Å². The summed E-state index contributed by atoms with van der Waals surface area (Å²) >= 11 is 5.40. The van der Waals surface area contributed by atoms with Gasteiger partial charge in [0, 0.05) is 0 Å². The van der Waals surface area contributed by atoms with Crippen molar-refractivity contribution in [1.29, 1.82) is 0 Å². The van der Waals surface area contributed by atoms with E-state index in [0.29, 0.717) is 6.61 Å². The summed E-state index contributed by atoms with van der Waals surface area (Å²) in [6, 6.07) is 0. The van der Waals surface area contributed by atoms with Crippen LogP contribution in [0.1, 0.15) is 71.1 Å². The molecule has 0 aromatic carbocycles. The van der Waals surface area contributed by atoms with E-state index in [1.807, 2.05) is 0 Å². The molecule has 23 heavy (non-hydrogen) atoms.